The Morgan fingerprint density at radius 1 is 1.09 bits per heavy atom. The SMILES string of the molecule is Cc1ccc(OCCNC(=O)NCC(=O)N2CCCCC2)cc1. The van der Waals surface area contributed by atoms with Crippen LogP contribution in [0.3, 0.4) is 0 Å². The van der Waals surface area contributed by atoms with Gasteiger partial charge in [-0.25, -0.2) is 4.79 Å². The highest BCUT2D eigenvalue weighted by Crippen LogP contribution is 2.10. The molecule has 0 atom stereocenters. The lowest BCUT2D eigenvalue weighted by Crippen LogP contribution is -2.45. The van der Waals surface area contributed by atoms with Crippen molar-refractivity contribution in [2.75, 3.05) is 32.8 Å². The van der Waals surface area contributed by atoms with Gasteiger partial charge < -0.3 is 20.3 Å². The summed E-state index contributed by atoms with van der Waals surface area (Å²) in [6.45, 7) is 4.43. The first-order chi connectivity index (χ1) is 11.1. The summed E-state index contributed by atoms with van der Waals surface area (Å²) in [5.74, 6) is 0.758. The number of piperidine rings is 1. The molecule has 0 spiro atoms. The number of hydrogen-bond donors (Lipinski definition) is 2. The normalized spacial score (nSPS) is 14.2. The third-order valence-electron chi connectivity index (χ3n) is 3.79. The van der Waals surface area contributed by atoms with Gasteiger partial charge in [-0.15, -0.1) is 0 Å². The van der Waals surface area contributed by atoms with E-state index in [1.54, 1.807) is 0 Å². The highest BCUT2D eigenvalue weighted by atomic mass is 16.5. The molecule has 1 aromatic rings. The maximum atomic E-state index is 11.9. The third-order valence-corrected chi connectivity index (χ3v) is 3.79. The Kier molecular flexibility index (Phi) is 6.72. The summed E-state index contributed by atoms with van der Waals surface area (Å²) in [6, 6.07) is 7.39. The average Bonchev–Trinajstić information content (AvgIpc) is 2.59. The molecule has 1 heterocycles. The van der Waals surface area contributed by atoms with Gasteiger partial charge in [0.15, 0.2) is 0 Å². The minimum absolute atomic E-state index is 0.0178. The molecule has 6 nitrogen and oxygen atoms in total. The molecule has 1 aliphatic heterocycles. The molecule has 0 unspecified atom stereocenters. The molecule has 1 aromatic carbocycles. The van der Waals surface area contributed by atoms with Crippen LogP contribution in [0.25, 0.3) is 0 Å². The Labute approximate surface area is 137 Å². The number of urea groups is 1. The zero-order valence-electron chi connectivity index (χ0n) is 13.6. The molecule has 0 bridgehead atoms. The highest BCUT2D eigenvalue weighted by molar-refractivity contribution is 5.84. The zero-order chi connectivity index (χ0) is 16.5. The van der Waals surface area contributed by atoms with Crippen LogP contribution in [0.5, 0.6) is 5.75 Å². The van der Waals surface area contributed by atoms with Crippen molar-refractivity contribution in [1.82, 2.24) is 15.5 Å². The molecule has 2 rings (SSSR count). The van der Waals surface area contributed by atoms with E-state index in [0.717, 1.165) is 31.7 Å². The Bertz CT molecular complexity index is 510. The van der Waals surface area contributed by atoms with Crippen LogP contribution < -0.4 is 15.4 Å². The van der Waals surface area contributed by atoms with E-state index in [1.165, 1.54) is 12.0 Å². The lowest BCUT2D eigenvalue weighted by Gasteiger charge is -2.26. The monoisotopic (exact) mass is 319 g/mol. The number of hydrogen-bond acceptors (Lipinski definition) is 3. The Morgan fingerprint density at radius 3 is 2.48 bits per heavy atom. The fraction of sp³-hybridized carbons (Fsp3) is 0.529. The summed E-state index contributed by atoms with van der Waals surface area (Å²) in [7, 11) is 0. The first-order valence-corrected chi connectivity index (χ1v) is 8.14. The second kappa shape index (κ2) is 9.02. The van der Waals surface area contributed by atoms with Gasteiger partial charge in [0.25, 0.3) is 0 Å². The molecule has 3 amide bonds. The molecular weight excluding hydrogens is 294 g/mol. The van der Waals surface area contributed by atoms with Gasteiger partial charge in [-0.2, -0.15) is 0 Å². The summed E-state index contributed by atoms with van der Waals surface area (Å²) < 4.78 is 5.51. The summed E-state index contributed by atoms with van der Waals surface area (Å²) >= 11 is 0. The Hall–Kier alpha value is -2.24. The van der Waals surface area contributed by atoms with Gasteiger partial charge in [0, 0.05) is 13.1 Å². The molecule has 1 saturated heterocycles. The average molecular weight is 319 g/mol. The maximum absolute atomic E-state index is 11.9. The first kappa shape index (κ1) is 17.1. The molecule has 1 aliphatic rings. The van der Waals surface area contributed by atoms with E-state index in [2.05, 4.69) is 10.6 Å². The minimum Gasteiger partial charge on any atom is -0.492 e. The second-order valence-corrected chi connectivity index (χ2v) is 5.71. The number of nitrogens with one attached hydrogen (secondary N) is 2. The predicted molar refractivity (Wildman–Crippen MR) is 88.5 cm³/mol. The van der Waals surface area contributed by atoms with E-state index in [9.17, 15) is 9.59 Å². The Morgan fingerprint density at radius 2 is 1.78 bits per heavy atom. The van der Waals surface area contributed by atoms with E-state index in [1.807, 2.05) is 36.1 Å². The van der Waals surface area contributed by atoms with Gasteiger partial charge in [0.05, 0.1) is 13.1 Å². The Balaban J connectivity index is 1.56. The van der Waals surface area contributed by atoms with Crippen LogP contribution in [0.1, 0.15) is 24.8 Å². The summed E-state index contributed by atoms with van der Waals surface area (Å²) in [5.41, 5.74) is 1.17. The van der Waals surface area contributed by atoms with E-state index in [0.29, 0.717) is 13.2 Å². The first-order valence-electron chi connectivity index (χ1n) is 8.14. The van der Waals surface area contributed by atoms with Gasteiger partial charge in [-0.05, 0) is 38.3 Å². The predicted octanol–water partition coefficient (Wildman–Crippen LogP) is 1.69. The molecule has 23 heavy (non-hydrogen) atoms. The summed E-state index contributed by atoms with van der Waals surface area (Å²) in [5, 5.41) is 5.27. The topological polar surface area (TPSA) is 70.7 Å². The fourth-order valence-corrected chi connectivity index (χ4v) is 2.44. The van der Waals surface area contributed by atoms with Gasteiger partial charge in [-0.3, -0.25) is 4.79 Å². The van der Waals surface area contributed by atoms with Crippen molar-refractivity contribution in [1.29, 1.82) is 0 Å². The van der Waals surface area contributed by atoms with E-state index >= 15 is 0 Å². The standard InChI is InChI=1S/C17H25N3O3/c1-14-5-7-15(8-6-14)23-12-9-18-17(22)19-13-16(21)20-10-3-2-4-11-20/h5-8H,2-4,9-13H2,1H3,(H2,18,19,22). The van der Waals surface area contributed by atoms with Crippen LogP contribution in [-0.2, 0) is 4.79 Å². The number of nitrogens with zero attached hydrogens (tertiary/aromatic N) is 1. The summed E-state index contributed by atoms with van der Waals surface area (Å²) in [6.07, 6.45) is 3.28. The van der Waals surface area contributed by atoms with E-state index < -0.39 is 0 Å². The molecule has 0 radical (unpaired) electrons. The molecule has 126 valence electrons. The summed E-state index contributed by atoms with van der Waals surface area (Å²) in [4.78, 5) is 25.4. The number of carbonyl (C=O) groups excluding carboxylic acids is 2. The van der Waals surface area contributed by atoms with Crippen molar-refractivity contribution in [2.24, 2.45) is 0 Å². The van der Waals surface area contributed by atoms with Crippen molar-refractivity contribution in [2.45, 2.75) is 26.2 Å². The van der Waals surface area contributed by atoms with Crippen LogP contribution >= 0.6 is 0 Å². The molecule has 0 aromatic heterocycles. The number of ether oxygens (including phenoxy) is 1. The molecule has 6 heteroatoms. The van der Waals surface area contributed by atoms with Crippen LogP contribution in [-0.4, -0.2) is 49.6 Å². The van der Waals surface area contributed by atoms with Crippen molar-refractivity contribution >= 4 is 11.9 Å². The van der Waals surface area contributed by atoms with Gasteiger partial charge in [0.1, 0.15) is 12.4 Å². The largest absolute Gasteiger partial charge is 0.492 e. The van der Waals surface area contributed by atoms with Crippen molar-refractivity contribution in [3.8, 4) is 5.75 Å². The smallest absolute Gasteiger partial charge is 0.315 e. The van der Waals surface area contributed by atoms with Crippen molar-refractivity contribution in [3.63, 3.8) is 0 Å². The van der Waals surface area contributed by atoms with Gasteiger partial charge in [-0.1, -0.05) is 17.7 Å². The third kappa shape index (κ3) is 6.18. The molecule has 0 aliphatic carbocycles. The quantitative estimate of drug-likeness (QED) is 0.784. The zero-order valence-corrected chi connectivity index (χ0v) is 13.6. The minimum atomic E-state index is -0.345. The van der Waals surface area contributed by atoms with E-state index in [-0.39, 0.29) is 18.5 Å². The maximum Gasteiger partial charge on any atom is 0.315 e. The fourth-order valence-electron chi connectivity index (χ4n) is 2.44. The number of carbonyl (C=O) groups is 2. The van der Waals surface area contributed by atoms with Crippen molar-refractivity contribution in [3.05, 3.63) is 29.8 Å². The van der Waals surface area contributed by atoms with Crippen LogP contribution in [0.2, 0.25) is 0 Å². The van der Waals surface area contributed by atoms with Crippen molar-refractivity contribution < 1.29 is 14.3 Å². The number of aryl methyl sites for hydroxylation is 1. The number of amides is 3. The lowest BCUT2D eigenvalue weighted by molar-refractivity contribution is -0.130. The van der Waals surface area contributed by atoms with Gasteiger partial charge in [0.2, 0.25) is 5.91 Å². The van der Waals surface area contributed by atoms with Crippen LogP contribution in [0.4, 0.5) is 4.79 Å². The number of likely N-dealkylation sites (tertiary alicyclic amines) is 1. The molecule has 2 N–H and O–H groups in total. The lowest BCUT2D eigenvalue weighted by atomic mass is 10.1. The van der Waals surface area contributed by atoms with Crippen LogP contribution in [0.15, 0.2) is 24.3 Å². The highest BCUT2D eigenvalue weighted by Gasteiger charge is 2.16. The molecule has 0 saturated carbocycles. The number of rotatable bonds is 6. The second-order valence-electron chi connectivity index (χ2n) is 5.71. The number of benzene rings is 1. The van der Waals surface area contributed by atoms with E-state index in [4.69, 9.17) is 4.74 Å². The molecular formula is C17H25N3O3. The van der Waals surface area contributed by atoms with Gasteiger partial charge >= 0.3 is 6.03 Å². The molecule has 1 fully saturated rings. The van der Waals surface area contributed by atoms with Crippen LogP contribution in [0, 0.1) is 6.92 Å².